The van der Waals surface area contributed by atoms with Crippen LogP contribution in [-0.2, 0) is 6.42 Å². The van der Waals surface area contributed by atoms with E-state index in [1.165, 1.54) is 0 Å². The van der Waals surface area contributed by atoms with Gasteiger partial charge >= 0.3 is 0 Å². The van der Waals surface area contributed by atoms with Gasteiger partial charge < -0.3 is 0 Å². The predicted molar refractivity (Wildman–Crippen MR) is 93.5 cm³/mol. The number of rotatable bonds is 4. The van der Waals surface area contributed by atoms with E-state index in [0.29, 0.717) is 6.42 Å². The molecule has 0 N–H and O–H groups in total. The molecule has 0 unspecified atom stereocenters. The number of aromatic nitrogens is 1. The maximum Gasteiger partial charge on any atom is 0.138 e. The Hall–Kier alpha value is -3.43. The molecule has 1 aromatic heterocycles. The van der Waals surface area contributed by atoms with E-state index in [1.54, 1.807) is 0 Å². The van der Waals surface area contributed by atoms with Gasteiger partial charge in [0.25, 0.3) is 0 Å². The fourth-order valence-electron chi connectivity index (χ4n) is 2.58. The van der Waals surface area contributed by atoms with Crippen LogP contribution in [0.4, 0.5) is 0 Å². The van der Waals surface area contributed by atoms with E-state index >= 15 is 0 Å². The highest BCUT2D eigenvalue weighted by molar-refractivity contribution is 5.71. The molecule has 24 heavy (non-hydrogen) atoms. The van der Waals surface area contributed by atoms with Crippen molar-refractivity contribution in [2.75, 3.05) is 0 Å². The SMILES string of the molecule is N#CC(C#N)Cc1cc(-c2ccccc2)cc(-c2ccccc2)n1. The van der Waals surface area contributed by atoms with Gasteiger partial charge in [-0.1, -0.05) is 60.7 Å². The molecule has 3 heteroatoms. The summed E-state index contributed by atoms with van der Waals surface area (Å²) < 4.78 is 0. The van der Waals surface area contributed by atoms with Crippen molar-refractivity contribution in [3.05, 3.63) is 78.5 Å². The molecule has 114 valence electrons. The molecule has 0 bridgehead atoms. The van der Waals surface area contributed by atoms with Crippen LogP contribution in [0.15, 0.2) is 72.8 Å². The maximum absolute atomic E-state index is 9.06. The Morgan fingerprint density at radius 3 is 1.92 bits per heavy atom. The third-order valence-corrected chi connectivity index (χ3v) is 3.78. The molecule has 0 radical (unpaired) electrons. The van der Waals surface area contributed by atoms with Gasteiger partial charge in [-0.25, -0.2) is 0 Å². The highest BCUT2D eigenvalue weighted by Crippen LogP contribution is 2.26. The van der Waals surface area contributed by atoms with Gasteiger partial charge in [0.1, 0.15) is 5.92 Å². The molecule has 0 aliphatic heterocycles. The molecule has 3 rings (SSSR count). The first kappa shape index (κ1) is 15.5. The molecule has 3 aromatic rings. The third-order valence-electron chi connectivity index (χ3n) is 3.78. The van der Waals surface area contributed by atoms with Gasteiger partial charge in [-0.2, -0.15) is 10.5 Å². The summed E-state index contributed by atoms with van der Waals surface area (Å²) in [4.78, 5) is 4.66. The van der Waals surface area contributed by atoms with Crippen molar-refractivity contribution in [3.8, 4) is 34.5 Å². The number of nitrogens with zero attached hydrogens (tertiary/aromatic N) is 3. The first-order valence-corrected chi connectivity index (χ1v) is 7.71. The van der Waals surface area contributed by atoms with E-state index in [1.807, 2.05) is 84.9 Å². The van der Waals surface area contributed by atoms with Crippen LogP contribution >= 0.6 is 0 Å². The summed E-state index contributed by atoms with van der Waals surface area (Å²) >= 11 is 0. The maximum atomic E-state index is 9.06. The van der Waals surface area contributed by atoms with E-state index in [9.17, 15) is 0 Å². The Bertz CT molecular complexity index is 832. The summed E-state index contributed by atoms with van der Waals surface area (Å²) in [5.41, 5.74) is 4.74. The lowest BCUT2D eigenvalue weighted by Gasteiger charge is -2.10. The monoisotopic (exact) mass is 309 g/mol. The van der Waals surface area contributed by atoms with Crippen LogP contribution in [-0.4, -0.2) is 4.98 Å². The fraction of sp³-hybridized carbons (Fsp3) is 0.0952. The van der Waals surface area contributed by atoms with Gasteiger partial charge in [0, 0.05) is 17.7 Å². The van der Waals surface area contributed by atoms with Crippen molar-refractivity contribution in [3.63, 3.8) is 0 Å². The Morgan fingerprint density at radius 2 is 1.33 bits per heavy atom. The molecule has 3 nitrogen and oxygen atoms in total. The molecule has 0 saturated carbocycles. The predicted octanol–water partition coefficient (Wildman–Crippen LogP) is 4.62. The number of pyridine rings is 1. The van der Waals surface area contributed by atoms with Crippen molar-refractivity contribution in [2.45, 2.75) is 6.42 Å². The fourth-order valence-corrected chi connectivity index (χ4v) is 2.58. The summed E-state index contributed by atoms with van der Waals surface area (Å²) in [6.45, 7) is 0. The van der Waals surface area contributed by atoms with Gasteiger partial charge in [0.05, 0.1) is 17.8 Å². The number of nitriles is 2. The van der Waals surface area contributed by atoms with Gasteiger partial charge in [-0.15, -0.1) is 0 Å². The number of benzene rings is 2. The molecular weight excluding hydrogens is 294 g/mol. The van der Waals surface area contributed by atoms with Crippen LogP contribution in [0.2, 0.25) is 0 Å². The Balaban J connectivity index is 2.10. The van der Waals surface area contributed by atoms with E-state index in [0.717, 1.165) is 28.1 Å². The first-order valence-electron chi connectivity index (χ1n) is 7.71. The van der Waals surface area contributed by atoms with Crippen molar-refractivity contribution < 1.29 is 0 Å². The average Bonchev–Trinajstić information content (AvgIpc) is 2.67. The summed E-state index contributed by atoms with van der Waals surface area (Å²) in [5.74, 6) is -0.688. The van der Waals surface area contributed by atoms with Crippen molar-refractivity contribution in [1.82, 2.24) is 4.98 Å². The van der Waals surface area contributed by atoms with Crippen LogP contribution < -0.4 is 0 Å². The zero-order valence-corrected chi connectivity index (χ0v) is 13.1. The molecule has 2 aromatic carbocycles. The van der Waals surface area contributed by atoms with E-state index in [-0.39, 0.29) is 0 Å². The lowest BCUT2D eigenvalue weighted by Crippen LogP contribution is -2.02. The Morgan fingerprint density at radius 1 is 0.750 bits per heavy atom. The molecule has 0 atom stereocenters. The molecule has 0 aliphatic carbocycles. The zero-order chi connectivity index (χ0) is 16.8. The van der Waals surface area contributed by atoms with Crippen LogP contribution in [0.3, 0.4) is 0 Å². The molecule has 0 amide bonds. The van der Waals surface area contributed by atoms with Crippen molar-refractivity contribution in [1.29, 1.82) is 10.5 Å². The smallest absolute Gasteiger partial charge is 0.138 e. The molecule has 0 aliphatic rings. The topological polar surface area (TPSA) is 60.5 Å². The molecule has 1 heterocycles. The summed E-state index contributed by atoms with van der Waals surface area (Å²) in [6, 6.07) is 28.0. The number of hydrogen-bond donors (Lipinski definition) is 0. The molecule has 0 saturated heterocycles. The second-order valence-electron chi connectivity index (χ2n) is 5.48. The van der Waals surface area contributed by atoms with E-state index in [2.05, 4.69) is 4.98 Å². The first-order chi connectivity index (χ1) is 11.8. The minimum absolute atomic E-state index is 0.327. The summed E-state index contributed by atoms with van der Waals surface area (Å²) in [6.07, 6.45) is 0.327. The Kier molecular flexibility index (Phi) is 4.65. The van der Waals surface area contributed by atoms with E-state index in [4.69, 9.17) is 10.5 Å². The minimum atomic E-state index is -0.688. The van der Waals surface area contributed by atoms with Gasteiger partial charge in [-0.3, -0.25) is 4.98 Å². The number of hydrogen-bond acceptors (Lipinski definition) is 3. The Labute approximate surface area is 141 Å². The average molecular weight is 309 g/mol. The largest absolute Gasteiger partial charge is 0.253 e. The lowest BCUT2D eigenvalue weighted by molar-refractivity contribution is 0.808. The van der Waals surface area contributed by atoms with Gasteiger partial charge in [-0.05, 0) is 23.3 Å². The quantitative estimate of drug-likeness (QED) is 0.706. The van der Waals surface area contributed by atoms with Crippen LogP contribution in [0.1, 0.15) is 5.69 Å². The van der Waals surface area contributed by atoms with Crippen LogP contribution in [0.5, 0.6) is 0 Å². The normalized spacial score (nSPS) is 10.1. The van der Waals surface area contributed by atoms with E-state index < -0.39 is 5.92 Å². The van der Waals surface area contributed by atoms with Crippen molar-refractivity contribution in [2.24, 2.45) is 5.92 Å². The highest BCUT2D eigenvalue weighted by atomic mass is 14.7. The van der Waals surface area contributed by atoms with Gasteiger partial charge in [0.2, 0.25) is 0 Å². The lowest BCUT2D eigenvalue weighted by atomic mass is 9.99. The standard InChI is InChI=1S/C21H15N3/c22-14-16(15-23)11-20-12-19(17-7-3-1-4-8-17)13-21(24-20)18-9-5-2-6-10-18/h1-10,12-13,16H,11H2. The van der Waals surface area contributed by atoms with Gasteiger partial charge in [0.15, 0.2) is 0 Å². The van der Waals surface area contributed by atoms with Crippen molar-refractivity contribution >= 4 is 0 Å². The second-order valence-corrected chi connectivity index (χ2v) is 5.48. The molecule has 0 fully saturated rings. The molecule has 0 spiro atoms. The summed E-state index contributed by atoms with van der Waals surface area (Å²) in [7, 11) is 0. The van der Waals surface area contributed by atoms with Crippen LogP contribution in [0.25, 0.3) is 22.4 Å². The van der Waals surface area contributed by atoms with Crippen LogP contribution in [0, 0.1) is 28.6 Å². The zero-order valence-electron chi connectivity index (χ0n) is 13.1. The highest BCUT2D eigenvalue weighted by Gasteiger charge is 2.12. The second kappa shape index (κ2) is 7.22. The summed E-state index contributed by atoms with van der Waals surface area (Å²) in [5, 5.41) is 18.1. The molecular formula is C21H15N3. The minimum Gasteiger partial charge on any atom is -0.253 e. The third kappa shape index (κ3) is 3.48.